The minimum atomic E-state index is -3.64. The first-order chi connectivity index (χ1) is 15.8. The van der Waals surface area contributed by atoms with Gasteiger partial charge in [0.25, 0.3) is 0 Å². The van der Waals surface area contributed by atoms with Crippen LogP contribution in [0.4, 0.5) is 11.4 Å². The molecule has 2 aliphatic rings. The Kier molecular flexibility index (Phi) is 6.57. The Hall–Kier alpha value is -3.11. The molecule has 1 fully saturated rings. The molecule has 0 radical (unpaired) electrons. The highest BCUT2D eigenvalue weighted by Gasteiger charge is 2.36. The Bertz CT molecular complexity index is 1160. The Morgan fingerprint density at radius 3 is 2.55 bits per heavy atom. The first-order valence-corrected chi connectivity index (χ1v) is 12.4. The molecule has 1 saturated heterocycles. The monoisotopic (exact) mass is 473 g/mol. The topological polar surface area (TPSA) is 105 Å². The number of ether oxygens (including phenoxy) is 2. The average Bonchev–Trinajstić information content (AvgIpc) is 3.21. The molecule has 4 rings (SSSR count). The lowest BCUT2D eigenvalue weighted by Crippen LogP contribution is -2.31. The van der Waals surface area contributed by atoms with Gasteiger partial charge in [-0.3, -0.25) is 9.59 Å². The van der Waals surface area contributed by atoms with Gasteiger partial charge in [-0.05, 0) is 30.3 Å². The smallest absolute Gasteiger partial charge is 0.243 e. The van der Waals surface area contributed by atoms with E-state index in [0.29, 0.717) is 49.2 Å². The van der Waals surface area contributed by atoms with Crippen molar-refractivity contribution < 1.29 is 27.5 Å². The minimum absolute atomic E-state index is 0.0672. The van der Waals surface area contributed by atoms with E-state index in [-0.39, 0.29) is 29.7 Å². The number of benzene rings is 2. The molecule has 2 amide bonds. The van der Waals surface area contributed by atoms with Crippen molar-refractivity contribution >= 4 is 33.2 Å². The number of anilines is 2. The van der Waals surface area contributed by atoms with E-state index in [9.17, 15) is 18.0 Å². The van der Waals surface area contributed by atoms with Crippen molar-refractivity contribution in [2.45, 2.75) is 25.2 Å². The number of nitrogens with zero attached hydrogens (tertiary/aromatic N) is 2. The van der Waals surface area contributed by atoms with Crippen molar-refractivity contribution in [1.82, 2.24) is 4.31 Å². The number of carbonyl (C=O) groups is 2. The maximum absolute atomic E-state index is 12.9. The molecule has 1 N–H and O–H groups in total. The van der Waals surface area contributed by atoms with Crippen molar-refractivity contribution in [3.05, 3.63) is 42.5 Å². The van der Waals surface area contributed by atoms with Crippen LogP contribution in [0.25, 0.3) is 0 Å². The molecule has 10 heteroatoms. The molecule has 0 saturated carbocycles. The normalized spacial score (nSPS) is 18.0. The quantitative estimate of drug-likeness (QED) is 0.662. The number of rotatable bonds is 7. The highest BCUT2D eigenvalue weighted by atomic mass is 32.2. The van der Waals surface area contributed by atoms with Crippen LogP contribution in [0.1, 0.15) is 20.3 Å². The van der Waals surface area contributed by atoms with Gasteiger partial charge in [0, 0.05) is 43.5 Å². The molecule has 2 heterocycles. The third-order valence-corrected chi connectivity index (χ3v) is 7.82. The molecule has 1 unspecified atom stereocenters. The minimum Gasteiger partial charge on any atom is -0.486 e. The van der Waals surface area contributed by atoms with E-state index >= 15 is 0 Å². The van der Waals surface area contributed by atoms with Gasteiger partial charge in [-0.1, -0.05) is 19.9 Å². The van der Waals surface area contributed by atoms with Gasteiger partial charge < -0.3 is 19.7 Å². The highest BCUT2D eigenvalue weighted by molar-refractivity contribution is 7.89. The zero-order valence-electron chi connectivity index (χ0n) is 18.6. The Balaban J connectivity index is 1.46. The van der Waals surface area contributed by atoms with Gasteiger partial charge in [0.15, 0.2) is 11.5 Å². The number of amides is 2. The summed E-state index contributed by atoms with van der Waals surface area (Å²) in [5.41, 5.74) is 1.02. The fourth-order valence-electron chi connectivity index (χ4n) is 4.02. The molecule has 176 valence electrons. The Morgan fingerprint density at radius 2 is 1.82 bits per heavy atom. The summed E-state index contributed by atoms with van der Waals surface area (Å²) in [5.74, 6) is 0.148. The van der Waals surface area contributed by atoms with E-state index in [1.165, 1.54) is 16.4 Å². The van der Waals surface area contributed by atoms with Gasteiger partial charge in [-0.15, -0.1) is 0 Å². The van der Waals surface area contributed by atoms with E-state index in [1.807, 2.05) is 0 Å². The zero-order valence-corrected chi connectivity index (χ0v) is 19.4. The van der Waals surface area contributed by atoms with Crippen LogP contribution in [0, 0.1) is 5.92 Å². The molecule has 2 aliphatic heterocycles. The maximum Gasteiger partial charge on any atom is 0.243 e. The number of nitrogens with one attached hydrogen (secondary N) is 1. The standard InChI is InChI=1S/C23H27N3O6S/c1-3-25(4-2)33(29,30)19-7-5-6-17(13-19)24-23(28)16-12-22(27)26(15-16)18-8-9-20-21(14-18)32-11-10-31-20/h5-9,13-14,16H,3-4,10-12,15H2,1-2H3,(H,24,28). The van der Waals surface area contributed by atoms with Crippen LogP contribution < -0.4 is 19.7 Å². The van der Waals surface area contributed by atoms with Crippen molar-refractivity contribution in [3.8, 4) is 11.5 Å². The zero-order chi connectivity index (χ0) is 23.6. The average molecular weight is 474 g/mol. The number of hydrogen-bond acceptors (Lipinski definition) is 6. The molecule has 1 atom stereocenters. The summed E-state index contributed by atoms with van der Waals surface area (Å²) in [6.07, 6.45) is 0.0672. The fourth-order valence-corrected chi connectivity index (χ4v) is 5.53. The second-order valence-corrected chi connectivity index (χ2v) is 9.78. The Labute approximate surface area is 193 Å². The third-order valence-electron chi connectivity index (χ3n) is 5.78. The second kappa shape index (κ2) is 9.40. The third kappa shape index (κ3) is 4.67. The van der Waals surface area contributed by atoms with Crippen LogP contribution in [0.15, 0.2) is 47.4 Å². The van der Waals surface area contributed by atoms with Crippen molar-refractivity contribution in [3.63, 3.8) is 0 Å². The molecule has 0 aliphatic carbocycles. The molecule has 2 aromatic rings. The van der Waals surface area contributed by atoms with Crippen LogP contribution in [-0.4, -0.2) is 57.4 Å². The predicted molar refractivity (Wildman–Crippen MR) is 123 cm³/mol. The van der Waals surface area contributed by atoms with E-state index in [4.69, 9.17) is 9.47 Å². The summed E-state index contributed by atoms with van der Waals surface area (Å²) in [6.45, 7) is 5.41. The predicted octanol–water partition coefficient (Wildman–Crippen LogP) is 2.48. The van der Waals surface area contributed by atoms with Gasteiger partial charge >= 0.3 is 0 Å². The van der Waals surface area contributed by atoms with E-state index in [1.54, 1.807) is 49.1 Å². The van der Waals surface area contributed by atoms with Gasteiger partial charge in [0.1, 0.15) is 13.2 Å². The van der Waals surface area contributed by atoms with Gasteiger partial charge in [0.05, 0.1) is 10.8 Å². The molecule has 0 aromatic heterocycles. The lowest BCUT2D eigenvalue weighted by atomic mass is 10.1. The molecule has 33 heavy (non-hydrogen) atoms. The summed E-state index contributed by atoms with van der Waals surface area (Å²) < 4.78 is 38.0. The SMILES string of the molecule is CCN(CC)S(=O)(=O)c1cccc(NC(=O)C2CC(=O)N(c3ccc4c(c3)OCCO4)C2)c1. The highest BCUT2D eigenvalue weighted by Crippen LogP contribution is 2.36. The van der Waals surface area contributed by atoms with E-state index < -0.39 is 15.9 Å². The van der Waals surface area contributed by atoms with E-state index in [2.05, 4.69) is 5.32 Å². The summed E-state index contributed by atoms with van der Waals surface area (Å²) >= 11 is 0. The van der Waals surface area contributed by atoms with Crippen molar-refractivity contribution in [2.75, 3.05) is 43.1 Å². The van der Waals surface area contributed by atoms with Gasteiger partial charge in [-0.2, -0.15) is 4.31 Å². The Morgan fingerprint density at radius 1 is 1.09 bits per heavy atom. The summed E-state index contributed by atoms with van der Waals surface area (Å²) in [4.78, 5) is 27.2. The van der Waals surface area contributed by atoms with Gasteiger partial charge in [-0.25, -0.2) is 8.42 Å². The second-order valence-electron chi connectivity index (χ2n) is 7.84. The fraction of sp³-hybridized carbons (Fsp3) is 0.391. The van der Waals surface area contributed by atoms with Gasteiger partial charge in [0.2, 0.25) is 21.8 Å². The molecule has 2 aromatic carbocycles. The van der Waals surface area contributed by atoms with Crippen LogP contribution in [0.3, 0.4) is 0 Å². The maximum atomic E-state index is 12.9. The summed E-state index contributed by atoms with van der Waals surface area (Å²) in [5, 5.41) is 2.77. The van der Waals surface area contributed by atoms with Crippen LogP contribution >= 0.6 is 0 Å². The first-order valence-electron chi connectivity index (χ1n) is 10.9. The van der Waals surface area contributed by atoms with E-state index in [0.717, 1.165) is 0 Å². The number of sulfonamides is 1. The van der Waals surface area contributed by atoms with Crippen LogP contribution in [-0.2, 0) is 19.6 Å². The summed E-state index contributed by atoms with van der Waals surface area (Å²) in [7, 11) is -3.64. The molecule has 9 nitrogen and oxygen atoms in total. The molecular formula is C23H27N3O6S. The lowest BCUT2D eigenvalue weighted by Gasteiger charge is -2.22. The lowest BCUT2D eigenvalue weighted by molar-refractivity contribution is -0.122. The largest absolute Gasteiger partial charge is 0.486 e. The molecule has 0 spiro atoms. The molecular weight excluding hydrogens is 446 g/mol. The first kappa shape index (κ1) is 23.1. The van der Waals surface area contributed by atoms with Crippen molar-refractivity contribution in [1.29, 1.82) is 0 Å². The van der Waals surface area contributed by atoms with Crippen molar-refractivity contribution in [2.24, 2.45) is 5.92 Å². The number of hydrogen-bond donors (Lipinski definition) is 1. The number of fused-ring (bicyclic) bond motifs is 1. The number of carbonyl (C=O) groups excluding carboxylic acids is 2. The molecule has 0 bridgehead atoms. The summed E-state index contributed by atoms with van der Waals surface area (Å²) in [6, 6.07) is 11.4. The van der Waals surface area contributed by atoms with Crippen LogP contribution in [0.2, 0.25) is 0 Å². The van der Waals surface area contributed by atoms with Crippen LogP contribution in [0.5, 0.6) is 11.5 Å².